The lowest BCUT2D eigenvalue weighted by Crippen LogP contribution is -2.37. The van der Waals surface area contributed by atoms with Crippen molar-refractivity contribution in [3.63, 3.8) is 0 Å². The molecule has 0 radical (unpaired) electrons. The molecule has 5 nitrogen and oxygen atoms in total. The van der Waals surface area contributed by atoms with Gasteiger partial charge >= 0.3 is 5.97 Å². The Morgan fingerprint density at radius 2 is 2.13 bits per heavy atom. The summed E-state index contributed by atoms with van der Waals surface area (Å²) >= 11 is 0. The van der Waals surface area contributed by atoms with Crippen molar-refractivity contribution in [2.24, 2.45) is 11.3 Å². The van der Waals surface area contributed by atoms with Crippen LogP contribution in [-0.4, -0.2) is 41.5 Å². The molecule has 1 aliphatic carbocycles. The average Bonchev–Trinajstić information content (AvgIpc) is 3.00. The fraction of sp³-hybridized carbons (Fsp3) is 0.500. The molecule has 2 atom stereocenters. The molecule has 1 saturated carbocycles. The first-order valence-electron chi connectivity index (χ1n) is 7.61. The zero-order valence-corrected chi connectivity index (χ0v) is 12.5. The number of carbonyl (C=O) groups excluding carboxylic acids is 1. The smallest absolute Gasteiger partial charge is 0.311 e. The van der Waals surface area contributed by atoms with Gasteiger partial charge in [0, 0.05) is 24.8 Å². The SMILES string of the molecule is O=C(CN1C[C@@H]2CCC[C@@]2(C(=O)O)C1)Nc1ccc(F)c(F)c1. The third-order valence-corrected chi connectivity index (χ3v) is 4.94. The number of benzene rings is 1. The number of rotatable bonds is 4. The lowest BCUT2D eigenvalue weighted by atomic mass is 9.81. The summed E-state index contributed by atoms with van der Waals surface area (Å²) in [5, 5.41) is 12.0. The first kappa shape index (κ1) is 15.9. The zero-order chi connectivity index (χ0) is 16.6. The molecule has 1 aromatic carbocycles. The van der Waals surface area contributed by atoms with E-state index in [-0.39, 0.29) is 24.1 Å². The lowest BCUT2D eigenvalue weighted by Gasteiger charge is -2.23. The highest BCUT2D eigenvalue weighted by Crippen LogP contribution is 2.48. The van der Waals surface area contributed by atoms with Crippen molar-refractivity contribution in [3.05, 3.63) is 29.8 Å². The van der Waals surface area contributed by atoms with Crippen molar-refractivity contribution < 1.29 is 23.5 Å². The van der Waals surface area contributed by atoms with E-state index in [0.717, 1.165) is 25.0 Å². The van der Waals surface area contributed by atoms with E-state index in [1.54, 1.807) is 0 Å². The summed E-state index contributed by atoms with van der Waals surface area (Å²) in [6.07, 6.45) is 2.42. The molecule has 2 fully saturated rings. The maximum Gasteiger partial charge on any atom is 0.311 e. The number of hydrogen-bond donors (Lipinski definition) is 2. The minimum Gasteiger partial charge on any atom is -0.481 e. The van der Waals surface area contributed by atoms with Crippen molar-refractivity contribution in [1.29, 1.82) is 0 Å². The minimum atomic E-state index is -1.02. The number of carbonyl (C=O) groups is 2. The van der Waals surface area contributed by atoms with Gasteiger partial charge in [-0.05, 0) is 30.9 Å². The van der Waals surface area contributed by atoms with E-state index in [2.05, 4.69) is 5.32 Å². The molecule has 1 aliphatic heterocycles. The standard InChI is InChI=1S/C16H18F2N2O3/c17-12-4-3-11(6-13(12)18)19-14(21)8-20-7-10-2-1-5-16(10,9-20)15(22)23/h3-4,6,10H,1-2,5,7-9H2,(H,19,21)(H,22,23)/t10-,16+/m0/s1. The molecule has 124 valence electrons. The molecular weight excluding hydrogens is 306 g/mol. The van der Waals surface area contributed by atoms with Crippen molar-refractivity contribution in [2.75, 3.05) is 25.0 Å². The maximum absolute atomic E-state index is 13.1. The molecule has 0 bridgehead atoms. The number of amides is 1. The highest BCUT2D eigenvalue weighted by Gasteiger charge is 2.54. The van der Waals surface area contributed by atoms with E-state index in [9.17, 15) is 23.5 Å². The molecule has 0 spiro atoms. The molecule has 7 heteroatoms. The van der Waals surface area contributed by atoms with Gasteiger partial charge in [-0.1, -0.05) is 6.42 Å². The van der Waals surface area contributed by atoms with E-state index in [1.807, 2.05) is 4.90 Å². The number of anilines is 1. The quantitative estimate of drug-likeness (QED) is 0.890. The molecular formula is C16H18F2N2O3. The number of fused-ring (bicyclic) bond motifs is 1. The third-order valence-electron chi connectivity index (χ3n) is 4.94. The van der Waals surface area contributed by atoms with Gasteiger partial charge in [-0.25, -0.2) is 8.78 Å². The molecule has 2 aliphatic rings. The van der Waals surface area contributed by atoms with Gasteiger partial charge in [0.25, 0.3) is 0 Å². The van der Waals surface area contributed by atoms with Gasteiger partial charge in [-0.2, -0.15) is 0 Å². The molecule has 23 heavy (non-hydrogen) atoms. The van der Waals surface area contributed by atoms with E-state index < -0.39 is 23.0 Å². The van der Waals surface area contributed by atoms with Gasteiger partial charge in [0.15, 0.2) is 11.6 Å². The molecule has 1 amide bonds. The van der Waals surface area contributed by atoms with E-state index in [4.69, 9.17) is 0 Å². The number of nitrogens with one attached hydrogen (secondary N) is 1. The maximum atomic E-state index is 13.1. The summed E-state index contributed by atoms with van der Waals surface area (Å²) in [6.45, 7) is 0.986. The van der Waals surface area contributed by atoms with Crippen molar-refractivity contribution in [3.8, 4) is 0 Å². The van der Waals surface area contributed by atoms with Gasteiger partial charge in [-0.3, -0.25) is 14.5 Å². The van der Waals surface area contributed by atoms with Gasteiger partial charge in [0.05, 0.1) is 12.0 Å². The topological polar surface area (TPSA) is 69.6 Å². The second kappa shape index (κ2) is 5.88. The normalized spacial score (nSPS) is 27.0. The molecule has 3 rings (SSSR count). The second-order valence-corrected chi connectivity index (χ2v) is 6.40. The van der Waals surface area contributed by atoms with Crippen LogP contribution < -0.4 is 5.32 Å². The second-order valence-electron chi connectivity index (χ2n) is 6.40. The number of likely N-dealkylation sites (tertiary alicyclic amines) is 1. The van der Waals surface area contributed by atoms with Gasteiger partial charge in [0.2, 0.25) is 5.91 Å². The van der Waals surface area contributed by atoms with Crippen LogP contribution in [0.25, 0.3) is 0 Å². The predicted molar refractivity (Wildman–Crippen MR) is 78.8 cm³/mol. The average molecular weight is 324 g/mol. The predicted octanol–water partition coefficient (Wildman–Crippen LogP) is 2.09. The van der Waals surface area contributed by atoms with E-state index >= 15 is 0 Å². The van der Waals surface area contributed by atoms with Crippen LogP contribution in [0.2, 0.25) is 0 Å². The number of nitrogens with zero attached hydrogens (tertiary/aromatic N) is 1. The summed E-state index contributed by atoms with van der Waals surface area (Å²) in [6, 6.07) is 3.16. The zero-order valence-electron chi connectivity index (χ0n) is 12.5. The van der Waals surface area contributed by atoms with Crippen LogP contribution in [-0.2, 0) is 9.59 Å². The van der Waals surface area contributed by atoms with Crippen LogP contribution in [0.5, 0.6) is 0 Å². The number of carboxylic acid groups (broad SMARTS) is 1. The van der Waals surface area contributed by atoms with Gasteiger partial charge in [0.1, 0.15) is 0 Å². The highest BCUT2D eigenvalue weighted by atomic mass is 19.2. The van der Waals surface area contributed by atoms with Crippen LogP contribution >= 0.6 is 0 Å². The molecule has 0 aromatic heterocycles. The summed E-state index contributed by atoms with van der Waals surface area (Å²) in [7, 11) is 0. The Hall–Kier alpha value is -2.02. The Kier molecular flexibility index (Phi) is 4.06. The summed E-state index contributed by atoms with van der Waals surface area (Å²) in [5.41, 5.74) is -0.552. The summed E-state index contributed by atoms with van der Waals surface area (Å²) < 4.78 is 26.0. The Morgan fingerprint density at radius 3 is 2.78 bits per heavy atom. The largest absolute Gasteiger partial charge is 0.481 e. The first-order chi connectivity index (χ1) is 10.9. The first-order valence-corrected chi connectivity index (χ1v) is 7.61. The number of carboxylic acids is 1. The fourth-order valence-corrected chi connectivity index (χ4v) is 3.84. The van der Waals surface area contributed by atoms with Crippen molar-refractivity contribution in [2.45, 2.75) is 19.3 Å². The van der Waals surface area contributed by atoms with Crippen LogP contribution in [0.1, 0.15) is 19.3 Å². The van der Waals surface area contributed by atoms with Crippen LogP contribution in [0.3, 0.4) is 0 Å². The summed E-state index contributed by atoms with van der Waals surface area (Å²) in [5.74, 6) is -3.07. The van der Waals surface area contributed by atoms with E-state index in [1.165, 1.54) is 6.07 Å². The van der Waals surface area contributed by atoms with Crippen molar-refractivity contribution >= 4 is 17.6 Å². The molecule has 0 unspecified atom stereocenters. The fourth-order valence-electron chi connectivity index (χ4n) is 3.84. The molecule has 2 N–H and O–H groups in total. The van der Waals surface area contributed by atoms with E-state index in [0.29, 0.717) is 19.5 Å². The molecule has 1 saturated heterocycles. The molecule has 1 heterocycles. The van der Waals surface area contributed by atoms with Crippen LogP contribution in [0.4, 0.5) is 14.5 Å². The Morgan fingerprint density at radius 1 is 1.35 bits per heavy atom. The lowest BCUT2D eigenvalue weighted by molar-refractivity contribution is -0.149. The van der Waals surface area contributed by atoms with Gasteiger partial charge in [-0.15, -0.1) is 0 Å². The number of hydrogen-bond acceptors (Lipinski definition) is 3. The summed E-state index contributed by atoms with van der Waals surface area (Å²) in [4.78, 5) is 25.5. The van der Waals surface area contributed by atoms with Crippen LogP contribution in [0, 0.1) is 23.0 Å². The molecule has 1 aromatic rings. The highest BCUT2D eigenvalue weighted by molar-refractivity contribution is 5.92. The third kappa shape index (κ3) is 2.93. The Labute approximate surface area is 132 Å². The Balaban J connectivity index is 1.61. The van der Waals surface area contributed by atoms with Crippen LogP contribution in [0.15, 0.2) is 18.2 Å². The Bertz CT molecular complexity index is 652. The van der Waals surface area contributed by atoms with Crippen molar-refractivity contribution in [1.82, 2.24) is 4.90 Å². The monoisotopic (exact) mass is 324 g/mol. The minimum absolute atomic E-state index is 0.0462. The number of aliphatic carboxylic acids is 1. The number of halogens is 2. The van der Waals surface area contributed by atoms with Gasteiger partial charge < -0.3 is 10.4 Å².